The van der Waals surface area contributed by atoms with Crippen molar-refractivity contribution >= 4 is 5.97 Å². The molecule has 0 fully saturated rings. The van der Waals surface area contributed by atoms with Gasteiger partial charge in [-0.1, -0.05) is 29.8 Å². The van der Waals surface area contributed by atoms with Gasteiger partial charge in [-0.3, -0.25) is 9.55 Å². The number of imidazole rings is 1. The van der Waals surface area contributed by atoms with Gasteiger partial charge in [-0.15, -0.1) is 0 Å². The predicted molar refractivity (Wildman–Crippen MR) is 67.0 cm³/mol. The van der Waals surface area contributed by atoms with Gasteiger partial charge in [0, 0.05) is 13.5 Å². The van der Waals surface area contributed by atoms with Crippen LogP contribution in [0.5, 0.6) is 0 Å². The van der Waals surface area contributed by atoms with E-state index in [0.717, 1.165) is 11.1 Å². The van der Waals surface area contributed by atoms with Gasteiger partial charge in [-0.2, -0.15) is 0 Å². The SMILES string of the molecule is Cc1cccc(Cc2c(C(=O)O)[nH]c(=O)n2C)c1. The van der Waals surface area contributed by atoms with Gasteiger partial charge in [0.25, 0.3) is 0 Å². The summed E-state index contributed by atoms with van der Waals surface area (Å²) >= 11 is 0. The number of hydrogen-bond donors (Lipinski definition) is 2. The molecule has 2 rings (SSSR count). The quantitative estimate of drug-likeness (QED) is 0.857. The second kappa shape index (κ2) is 4.52. The Morgan fingerprint density at radius 2 is 2.17 bits per heavy atom. The minimum atomic E-state index is -1.12. The number of aryl methyl sites for hydroxylation is 1. The minimum Gasteiger partial charge on any atom is -0.477 e. The van der Waals surface area contributed by atoms with Gasteiger partial charge in [0.1, 0.15) is 5.69 Å². The maximum Gasteiger partial charge on any atom is 0.354 e. The molecule has 0 aliphatic carbocycles. The Morgan fingerprint density at radius 1 is 1.44 bits per heavy atom. The predicted octanol–water partition coefficient (Wildman–Crippen LogP) is 1.31. The van der Waals surface area contributed by atoms with Crippen molar-refractivity contribution in [2.24, 2.45) is 7.05 Å². The molecule has 18 heavy (non-hydrogen) atoms. The highest BCUT2D eigenvalue weighted by Crippen LogP contribution is 2.12. The molecule has 0 aliphatic rings. The fourth-order valence-corrected chi connectivity index (χ4v) is 1.95. The summed E-state index contributed by atoms with van der Waals surface area (Å²) in [5.41, 5.74) is 2.12. The largest absolute Gasteiger partial charge is 0.477 e. The average molecular weight is 246 g/mol. The lowest BCUT2D eigenvalue weighted by molar-refractivity contribution is 0.0689. The summed E-state index contributed by atoms with van der Waals surface area (Å²) < 4.78 is 1.34. The molecule has 1 aromatic carbocycles. The lowest BCUT2D eigenvalue weighted by atomic mass is 10.1. The number of aromatic carboxylic acids is 1. The normalized spacial score (nSPS) is 10.6. The number of carbonyl (C=O) groups is 1. The van der Waals surface area contributed by atoms with Crippen molar-refractivity contribution < 1.29 is 9.90 Å². The fourth-order valence-electron chi connectivity index (χ4n) is 1.95. The summed E-state index contributed by atoms with van der Waals surface area (Å²) in [7, 11) is 1.57. The third-order valence-electron chi connectivity index (χ3n) is 2.90. The van der Waals surface area contributed by atoms with Gasteiger partial charge in [-0.25, -0.2) is 9.59 Å². The van der Waals surface area contributed by atoms with Crippen LogP contribution in [-0.2, 0) is 13.5 Å². The van der Waals surface area contributed by atoms with E-state index in [9.17, 15) is 9.59 Å². The van der Waals surface area contributed by atoms with Gasteiger partial charge in [0.15, 0.2) is 0 Å². The summed E-state index contributed by atoms with van der Waals surface area (Å²) in [5.74, 6) is -1.12. The van der Waals surface area contributed by atoms with Crippen molar-refractivity contribution in [1.82, 2.24) is 9.55 Å². The van der Waals surface area contributed by atoms with E-state index in [1.165, 1.54) is 4.57 Å². The number of aromatic amines is 1. The van der Waals surface area contributed by atoms with Crippen molar-refractivity contribution in [3.8, 4) is 0 Å². The maximum absolute atomic E-state index is 11.5. The van der Waals surface area contributed by atoms with E-state index >= 15 is 0 Å². The number of rotatable bonds is 3. The molecule has 0 atom stereocenters. The highest BCUT2D eigenvalue weighted by molar-refractivity contribution is 5.86. The summed E-state index contributed by atoms with van der Waals surface area (Å²) in [5, 5.41) is 9.05. The summed E-state index contributed by atoms with van der Waals surface area (Å²) in [6.45, 7) is 1.97. The first-order chi connectivity index (χ1) is 8.49. The molecule has 0 saturated carbocycles. The molecule has 2 N–H and O–H groups in total. The second-order valence-corrected chi connectivity index (χ2v) is 4.28. The van der Waals surface area contributed by atoms with E-state index < -0.39 is 11.7 Å². The standard InChI is InChI=1S/C13H14N2O3/c1-8-4-3-5-9(6-8)7-10-11(12(16)17)14-13(18)15(10)2/h3-6H,7H2,1-2H3,(H,14,18)(H,16,17). The lowest BCUT2D eigenvalue weighted by Gasteiger charge is -2.05. The Kier molecular flexibility index (Phi) is 3.06. The molecule has 5 nitrogen and oxygen atoms in total. The summed E-state index contributed by atoms with van der Waals surface area (Å²) in [6.07, 6.45) is 0.415. The van der Waals surface area contributed by atoms with Crippen molar-refractivity contribution in [3.63, 3.8) is 0 Å². The number of carboxylic acid groups (broad SMARTS) is 1. The molecule has 0 amide bonds. The summed E-state index contributed by atoms with van der Waals surface area (Å²) in [4.78, 5) is 24.9. The smallest absolute Gasteiger partial charge is 0.354 e. The van der Waals surface area contributed by atoms with E-state index in [2.05, 4.69) is 4.98 Å². The molecule has 2 aromatic rings. The van der Waals surface area contributed by atoms with Crippen LogP contribution in [0, 0.1) is 6.92 Å². The zero-order valence-electron chi connectivity index (χ0n) is 10.2. The maximum atomic E-state index is 11.5. The Bertz CT molecular complexity index is 652. The van der Waals surface area contributed by atoms with Crippen LogP contribution in [0.1, 0.15) is 27.3 Å². The molecule has 0 unspecified atom stereocenters. The number of aromatic nitrogens is 2. The van der Waals surface area contributed by atoms with E-state index in [-0.39, 0.29) is 5.69 Å². The van der Waals surface area contributed by atoms with Crippen LogP contribution < -0.4 is 5.69 Å². The Balaban J connectivity index is 2.46. The van der Waals surface area contributed by atoms with Crippen molar-refractivity contribution in [3.05, 3.63) is 57.3 Å². The van der Waals surface area contributed by atoms with Crippen LogP contribution in [0.3, 0.4) is 0 Å². The molecule has 0 aliphatic heterocycles. The van der Waals surface area contributed by atoms with E-state index in [1.807, 2.05) is 31.2 Å². The van der Waals surface area contributed by atoms with Crippen LogP contribution in [-0.4, -0.2) is 20.6 Å². The number of carboxylic acids is 1. The lowest BCUT2D eigenvalue weighted by Crippen LogP contribution is -2.14. The number of H-pyrrole nitrogens is 1. The van der Waals surface area contributed by atoms with Gasteiger partial charge in [-0.05, 0) is 12.5 Å². The highest BCUT2D eigenvalue weighted by Gasteiger charge is 2.17. The molecule has 1 aromatic heterocycles. The first-order valence-electron chi connectivity index (χ1n) is 5.55. The molecular weight excluding hydrogens is 232 g/mol. The first kappa shape index (κ1) is 12.2. The Morgan fingerprint density at radius 3 is 2.78 bits per heavy atom. The molecule has 0 bridgehead atoms. The summed E-state index contributed by atoms with van der Waals surface area (Å²) in [6, 6.07) is 7.77. The monoisotopic (exact) mass is 246 g/mol. The van der Waals surface area contributed by atoms with Crippen LogP contribution in [0.4, 0.5) is 0 Å². The minimum absolute atomic E-state index is 0.0380. The third kappa shape index (κ3) is 2.20. The van der Waals surface area contributed by atoms with Gasteiger partial charge < -0.3 is 5.11 Å². The van der Waals surface area contributed by atoms with E-state index in [4.69, 9.17) is 5.11 Å². The highest BCUT2D eigenvalue weighted by atomic mass is 16.4. The molecule has 0 spiro atoms. The third-order valence-corrected chi connectivity index (χ3v) is 2.90. The molecule has 94 valence electrons. The molecule has 5 heteroatoms. The average Bonchev–Trinajstić information content (AvgIpc) is 2.57. The molecule has 0 saturated heterocycles. The Hall–Kier alpha value is -2.30. The second-order valence-electron chi connectivity index (χ2n) is 4.28. The molecule has 0 radical (unpaired) electrons. The number of nitrogens with zero attached hydrogens (tertiary/aromatic N) is 1. The zero-order chi connectivity index (χ0) is 13.3. The zero-order valence-corrected chi connectivity index (χ0v) is 10.2. The van der Waals surface area contributed by atoms with Crippen LogP contribution in [0.25, 0.3) is 0 Å². The number of benzene rings is 1. The van der Waals surface area contributed by atoms with Crippen LogP contribution in [0.15, 0.2) is 29.1 Å². The molecule has 1 heterocycles. The van der Waals surface area contributed by atoms with Crippen molar-refractivity contribution in [2.45, 2.75) is 13.3 Å². The molecular formula is C13H14N2O3. The van der Waals surface area contributed by atoms with Gasteiger partial charge >= 0.3 is 11.7 Å². The van der Waals surface area contributed by atoms with Gasteiger partial charge in [0.05, 0.1) is 5.69 Å². The number of nitrogens with one attached hydrogen (secondary N) is 1. The van der Waals surface area contributed by atoms with E-state index in [1.54, 1.807) is 7.05 Å². The van der Waals surface area contributed by atoms with Crippen molar-refractivity contribution in [1.29, 1.82) is 0 Å². The topological polar surface area (TPSA) is 75.1 Å². The first-order valence-corrected chi connectivity index (χ1v) is 5.55. The fraction of sp³-hybridized carbons (Fsp3) is 0.231. The Labute approximate surface area is 104 Å². The van der Waals surface area contributed by atoms with Gasteiger partial charge in [0.2, 0.25) is 0 Å². The van der Waals surface area contributed by atoms with E-state index in [0.29, 0.717) is 12.1 Å². The van der Waals surface area contributed by atoms with Crippen LogP contribution >= 0.6 is 0 Å². The van der Waals surface area contributed by atoms with Crippen LogP contribution in [0.2, 0.25) is 0 Å². The van der Waals surface area contributed by atoms with Crippen molar-refractivity contribution in [2.75, 3.05) is 0 Å². The number of hydrogen-bond acceptors (Lipinski definition) is 2.